The highest BCUT2D eigenvalue weighted by Crippen LogP contribution is 2.28. The van der Waals surface area contributed by atoms with Crippen molar-refractivity contribution < 1.29 is 14.3 Å². The number of hydrogen-bond acceptors (Lipinski definition) is 6. The number of hydrogen-bond donors (Lipinski definition) is 1. The van der Waals surface area contributed by atoms with Crippen LogP contribution in [0, 0.1) is 0 Å². The van der Waals surface area contributed by atoms with Crippen molar-refractivity contribution in [2.24, 2.45) is 0 Å². The van der Waals surface area contributed by atoms with E-state index < -0.39 is 18.0 Å². The number of nitrogens with zero attached hydrogens (tertiary/aromatic N) is 2. The zero-order chi connectivity index (χ0) is 20.9. The zero-order valence-corrected chi connectivity index (χ0v) is 17.1. The van der Waals surface area contributed by atoms with Gasteiger partial charge in [-0.3, -0.25) is 15.1 Å². The average Bonchev–Trinajstić information content (AvgIpc) is 3.26. The molecule has 2 aromatic carbocycles. The lowest BCUT2D eigenvalue weighted by molar-refractivity contribution is -0.124. The molecule has 0 saturated carbocycles. The summed E-state index contributed by atoms with van der Waals surface area (Å²) in [6.07, 6.45) is 2.45. The average molecular weight is 417 g/mol. The van der Waals surface area contributed by atoms with E-state index in [1.54, 1.807) is 19.1 Å². The van der Waals surface area contributed by atoms with Crippen molar-refractivity contribution in [2.45, 2.75) is 19.4 Å². The van der Waals surface area contributed by atoms with Gasteiger partial charge >= 0.3 is 5.97 Å². The Kier molecular flexibility index (Phi) is 5.81. The smallest absolute Gasteiger partial charge is 0.339 e. The first-order valence-electron chi connectivity index (χ1n) is 9.50. The summed E-state index contributed by atoms with van der Waals surface area (Å²) in [5, 5.41) is 7.39. The van der Waals surface area contributed by atoms with Crippen LogP contribution in [0.3, 0.4) is 0 Å². The molecule has 0 bridgehead atoms. The van der Waals surface area contributed by atoms with Crippen molar-refractivity contribution in [3.05, 3.63) is 77.9 Å². The number of rotatable bonds is 6. The van der Waals surface area contributed by atoms with E-state index >= 15 is 0 Å². The van der Waals surface area contributed by atoms with Crippen molar-refractivity contribution in [3.8, 4) is 11.3 Å². The maximum atomic E-state index is 12.6. The first kappa shape index (κ1) is 19.7. The summed E-state index contributed by atoms with van der Waals surface area (Å²) in [5.74, 6) is -0.963. The molecular weight excluding hydrogens is 398 g/mol. The third kappa shape index (κ3) is 4.36. The molecule has 0 saturated heterocycles. The number of aromatic nitrogens is 2. The Hall–Kier alpha value is -3.58. The molecule has 1 amide bonds. The van der Waals surface area contributed by atoms with Crippen molar-refractivity contribution in [1.29, 1.82) is 0 Å². The quantitative estimate of drug-likeness (QED) is 0.450. The van der Waals surface area contributed by atoms with Crippen LogP contribution in [0.2, 0.25) is 0 Å². The first-order valence-corrected chi connectivity index (χ1v) is 10.4. The number of benzene rings is 2. The number of nitrogens with one attached hydrogen (secondary N) is 1. The molecule has 2 aromatic heterocycles. The standard InChI is InChI=1S/C23H19N3O3S/c1-2-20(29-22(28)16-9-11-24-12-10-16)21(27)26-23-25-19(14-30-23)18-8-7-15-5-3-4-6-17(15)13-18/h3-14,20H,2H2,1H3,(H,25,26,27). The highest BCUT2D eigenvalue weighted by atomic mass is 32.1. The second kappa shape index (κ2) is 8.84. The molecule has 0 spiro atoms. The molecule has 0 radical (unpaired) electrons. The largest absolute Gasteiger partial charge is 0.449 e. The lowest BCUT2D eigenvalue weighted by Crippen LogP contribution is -2.32. The van der Waals surface area contributed by atoms with Gasteiger partial charge in [0.2, 0.25) is 0 Å². The molecule has 1 N–H and O–H groups in total. The van der Waals surface area contributed by atoms with Gasteiger partial charge < -0.3 is 4.74 Å². The van der Waals surface area contributed by atoms with Crippen molar-refractivity contribution >= 4 is 39.1 Å². The molecule has 0 aliphatic rings. The molecular formula is C23H19N3O3S. The Balaban J connectivity index is 1.45. The number of ether oxygens (including phenoxy) is 1. The Labute approximate surface area is 177 Å². The summed E-state index contributed by atoms with van der Waals surface area (Å²) in [6, 6.07) is 17.3. The second-order valence-corrected chi connectivity index (χ2v) is 7.49. The fourth-order valence-corrected chi connectivity index (χ4v) is 3.73. The molecule has 1 unspecified atom stereocenters. The fourth-order valence-electron chi connectivity index (χ4n) is 3.01. The summed E-state index contributed by atoms with van der Waals surface area (Å²) >= 11 is 1.33. The van der Waals surface area contributed by atoms with Crippen LogP contribution in [0.15, 0.2) is 72.4 Å². The fraction of sp³-hybridized carbons (Fsp3) is 0.130. The summed E-state index contributed by atoms with van der Waals surface area (Å²) in [4.78, 5) is 33.2. The van der Waals surface area contributed by atoms with Gasteiger partial charge in [-0.2, -0.15) is 0 Å². The van der Waals surface area contributed by atoms with Gasteiger partial charge in [-0.1, -0.05) is 43.3 Å². The summed E-state index contributed by atoms with van der Waals surface area (Å²) in [7, 11) is 0. The van der Waals surface area contributed by atoms with Crippen LogP contribution in [0.25, 0.3) is 22.0 Å². The highest BCUT2D eigenvalue weighted by molar-refractivity contribution is 7.14. The number of pyridine rings is 1. The van der Waals surface area contributed by atoms with Crippen LogP contribution in [0.1, 0.15) is 23.7 Å². The van der Waals surface area contributed by atoms with Crippen molar-refractivity contribution in [3.63, 3.8) is 0 Å². The predicted octanol–water partition coefficient (Wildman–Crippen LogP) is 4.93. The minimum Gasteiger partial charge on any atom is -0.449 e. The van der Waals surface area contributed by atoms with E-state index in [4.69, 9.17) is 4.74 Å². The van der Waals surface area contributed by atoms with Crippen LogP contribution >= 0.6 is 11.3 Å². The topological polar surface area (TPSA) is 81.2 Å². The second-order valence-electron chi connectivity index (χ2n) is 6.63. The van der Waals surface area contributed by atoms with Crippen LogP contribution in [-0.4, -0.2) is 27.9 Å². The van der Waals surface area contributed by atoms with Gasteiger partial charge in [0.15, 0.2) is 11.2 Å². The van der Waals surface area contributed by atoms with Gasteiger partial charge in [-0.25, -0.2) is 9.78 Å². The Morgan fingerprint density at radius 3 is 2.60 bits per heavy atom. The minimum absolute atomic E-state index is 0.351. The van der Waals surface area contributed by atoms with E-state index in [0.29, 0.717) is 17.1 Å². The number of esters is 1. The summed E-state index contributed by atoms with van der Waals surface area (Å²) in [5.41, 5.74) is 2.11. The molecule has 6 nitrogen and oxygen atoms in total. The predicted molar refractivity (Wildman–Crippen MR) is 117 cm³/mol. The zero-order valence-electron chi connectivity index (χ0n) is 16.2. The molecule has 0 fully saturated rings. The van der Waals surface area contributed by atoms with Crippen LogP contribution in [-0.2, 0) is 9.53 Å². The van der Waals surface area contributed by atoms with Crippen LogP contribution in [0.5, 0.6) is 0 Å². The number of fused-ring (bicyclic) bond motifs is 1. The van der Waals surface area contributed by atoms with Gasteiger partial charge in [-0.15, -0.1) is 11.3 Å². The first-order chi connectivity index (χ1) is 14.6. The van der Waals surface area contributed by atoms with E-state index in [1.165, 1.54) is 23.7 Å². The Morgan fingerprint density at radius 2 is 1.83 bits per heavy atom. The number of thiazole rings is 1. The monoisotopic (exact) mass is 417 g/mol. The maximum absolute atomic E-state index is 12.6. The maximum Gasteiger partial charge on any atom is 0.339 e. The van der Waals surface area contributed by atoms with Gasteiger partial charge in [0, 0.05) is 23.3 Å². The molecule has 7 heteroatoms. The van der Waals surface area contributed by atoms with Gasteiger partial charge in [0.25, 0.3) is 5.91 Å². The molecule has 4 aromatic rings. The number of carbonyl (C=O) groups excluding carboxylic acids is 2. The normalized spacial score (nSPS) is 11.8. The Morgan fingerprint density at radius 1 is 1.07 bits per heavy atom. The number of carbonyl (C=O) groups is 2. The van der Waals surface area contributed by atoms with Crippen molar-refractivity contribution in [2.75, 3.05) is 5.32 Å². The van der Waals surface area contributed by atoms with Gasteiger partial charge in [-0.05, 0) is 35.4 Å². The van der Waals surface area contributed by atoms with E-state index in [-0.39, 0.29) is 0 Å². The van der Waals surface area contributed by atoms with E-state index in [9.17, 15) is 9.59 Å². The van der Waals surface area contributed by atoms with E-state index in [2.05, 4.69) is 33.5 Å². The lowest BCUT2D eigenvalue weighted by Gasteiger charge is -2.15. The summed E-state index contributed by atoms with van der Waals surface area (Å²) in [6.45, 7) is 1.78. The van der Waals surface area contributed by atoms with Crippen LogP contribution in [0.4, 0.5) is 5.13 Å². The molecule has 150 valence electrons. The minimum atomic E-state index is -0.904. The third-order valence-corrected chi connectivity index (χ3v) is 5.37. The van der Waals surface area contributed by atoms with E-state index in [1.807, 2.05) is 29.6 Å². The molecule has 4 rings (SSSR count). The molecule has 2 heterocycles. The number of anilines is 1. The number of amides is 1. The highest BCUT2D eigenvalue weighted by Gasteiger charge is 2.23. The Bertz CT molecular complexity index is 1190. The molecule has 1 atom stereocenters. The van der Waals surface area contributed by atoms with Crippen molar-refractivity contribution in [1.82, 2.24) is 9.97 Å². The summed E-state index contributed by atoms with van der Waals surface area (Å²) < 4.78 is 5.36. The molecule has 0 aliphatic carbocycles. The van der Waals surface area contributed by atoms with Gasteiger partial charge in [0.1, 0.15) is 0 Å². The molecule has 30 heavy (non-hydrogen) atoms. The third-order valence-electron chi connectivity index (χ3n) is 4.61. The van der Waals surface area contributed by atoms with Gasteiger partial charge in [0.05, 0.1) is 11.3 Å². The molecule has 0 aliphatic heterocycles. The lowest BCUT2D eigenvalue weighted by atomic mass is 10.1. The van der Waals surface area contributed by atoms with Crippen LogP contribution < -0.4 is 5.32 Å². The SMILES string of the molecule is CCC(OC(=O)c1ccncc1)C(=O)Nc1nc(-c2ccc3ccccc3c2)cs1. The van der Waals surface area contributed by atoms with E-state index in [0.717, 1.165) is 22.0 Å².